The molecule has 0 aromatic carbocycles. The fourth-order valence-electron chi connectivity index (χ4n) is 1.80. The van der Waals surface area contributed by atoms with Gasteiger partial charge in [0, 0.05) is 18.0 Å². The minimum Gasteiger partial charge on any atom is -0.322 e. The van der Waals surface area contributed by atoms with Crippen LogP contribution in [0.5, 0.6) is 0 Å². The van der Waals surface area contributed by atoms with E-state index in [-0.39, 0.29) is 18.6 Å². The molecular weight excluding hydrogens is 263 g/mol. The Labute approximate surface area is 108 Å². The highest BCUT2D eigenvalue weighted by molar-refractivity contribution is 7.09. The molecule has 1 fully saturated rings. The topological polar surface area (TPSA) is 42.1 Å². The molecule has 1 atom stereocenters. The molecule has 0 aliphatic heterocycles. The second kappa shape index (κ2) is 5.14. The minimum absolute atomic E-state index is 0.0621. The van der Waals surface area contributed by atoms with Crippen LogP contribution in [0.3, 0.4) is 0 Å². The maximum atomic E-state index is 12.5. The van der Waals surface area contributed by atoms with Crippen molar-refractivity contribution >= 4 is 11.3 Å². The predicted octanol–water partition coefficient (Wildman–Crippen LogP) is 2.69. The van der Waals surface area contributed by atoms with E-state index in [1.807, 2.05) is 6.92 Å². The number of hydrogen-bond donors (Lipinski definition) is 1. The number of thiazole rings is 1. The quantitative estimate of drug-likeness (QED) is 0.901. The Morgan fingerprint density at radius 1 is 1.56 bits per heavy atom. The van der Waals surface area contributed by atoms with E-state index in [1.165, 1.54) is 16.2 Å². The Morgan fingerprint density at radius 3 is 2.67 bits per heavy atom. The number of hydrogen-bond acceptors (Lipinski definition) is 4. The van der Waals surface area contributed by atoms with Crippen molar-refractivity contribution in [1.29, 1.82) is 0 Å². The first-order valence-electron chi connectivity index (χ1n) is 5.86. The van der Waals surface area contributed by atoms with Gasteiger partial charge in [-0.2, -0.15) is 13.2 Å². The normalized spacial score (nSPS) is 18.3. The Balaban J connectivity index is 1.99. The van der Waals surface area contributed by atoms with E-state index in [1.54, 1.807) is 5.38 Å². The van der Waals surface area contributed by atoms with E-state index in [0.717, 1.165) is 17.8 Å². The summed E-state index contributed by atoms with van der Waals surface area (Å²) in [5.74, 6) is 0. The number of nitrogens with zero attached hydrogens (tertiary/aromatic N) is 2. The number of halogens is 3. The van der Waals surface area contributed by atoms with Crippen molar-refractivity contribution in [2.24, 2.45) is 5.73 Å². The summed E-state index contributed by atoms with van der Waals surface area (Å²) in [4.78, 5) is 5.73. The molecule has 2 N–H and O–H groups in total. The maximum Gasteiger partial charge on any atom is 0.401 e. The summed E-state index contributed by atoms with van der Waals surface area (Å²) in [7, 11) is 0. The van der Waals surface area contributed by atoms with E-state index in [0.29, 0.717) is 5.69 Å². The Hall–Kier alpha value is -0.660. The molecule has 18 heavy (non-hydrogen) atoms. The average Bonchev–Trinajstić information content (AvgIpc) is 2.96. The van der Waals surface area contributed by atoms with E-state index in [4.69, 9.17) is 5.73 Å². The molecular formula is C11H16F3N3S. The molecule has 7 heteroatoms. The molecule has 1 aliphatic rings. The molecule has 0 amide bonds. The van der Waals surface area contributed by atoms with Gasteiger partial charge in [0.2, 0.25) is 0 Å². The summed E-state index contributed by atoms with van der Waals surface area (Å²) >= 11 is 1.41. The van der Waals surface area contributed by atoms with Crippen LogP contribution in [0.2, 0.25) is 0 Å². The molecule has 1 unspecified atom stereocenters. The second-order valence-electron chi connectivity index (χ2n) is 4.72. The Kier molecular flexibility index (Phi) is 3.93. The van der Waals surface area contributed by atoms with Crippen LogP contribution in [-0.4, -0.2) is 28.6 Å². The first kappa shape index (κ1) is 13.8. The lowest BCUT2D eigenvalue weighted by Crippen LogP contribution is -2.35. The predicted molar refractivity (Wildman–Crippen MR) is 64.2 cm³/mol. The highest BCUT2D eigenvalue weighted by Gasteiger charge is 2.38. The number of aromatic nitrogens is 1. The monoisotopic (exact) mass is 279 g/mol. The highest BCUT2D eigenvalue weighted by atomic mass is 32.1. The number of nitrogens with two attached hydrogens (primary N) is 1. The molecule has 102 valence electrons. The van der Waals surface area contributed by atoms with Gasteiger partial charge in [0.1, 0.15) is 5.01 Å². The molecule has 0 radical (unpaired) electrons. The summed E-state index contributed by atoms with van der Waals surface area (Å²) < 4.78 is 37.4. The summed E-state index contributed by atoms with van der Waals surface area (Å²) in [5.41, 5.74) is 6.37. The zero-order chi connectivity index (χ0) is 13.3. The molecule has 2 rings (SSSR count). The van der Waals surface area contributed by atoms with E-state index >= 15 is 0 Å². The standard InChI is InChI=1S/C11H16F3N3S/c1-7(15)10-16-8(5-18-10)4-17(9-2-3-9)6-11(12,13)14/h5,7,9H,2-4,6,15H2,1H3. The van der Waals surface area contributed by atoms with Gasteiger partial charge in [-0.15, -0.1) is 11.3 Å². The van der Waals surface area contributed by atoms with Crippen molar-refractivity contribution in [3.05, 3.63) is 16.1 Å². The number of rotatable bonds is 5. The van der Waals surface area contributed by atoms with Crippen molar-refractivity contribution in [2.75, 3.05) is 6.54 Å². The molecule has 1 aromatic heterocycles. The van der Waals surface area contributed by atoms with Gasteiger partial charge in [-0.05, 0) is 19.8 Å². The third kappa shape index (κ3) is 3.93. The fraction of sp³-hybridized carbons (Fsp3) is 0.727. The maximum absolute atomic E-state index is 12.5. The second-order valence-corrected chi connectivity index (χ2v) is 5.61. The lowest BCUT2D eigenvalue weighted by atomic mass is 10.3. The number of alkyl halides is 3. The summed E-state index contributed by atoms with van der Waals surface area (Å²) in [6.07, 6.45) is -2.46. The largest absolute Gasteiger partial charge is 0.401 e. The lowest BCUT2D eigenvalue weighted by molar-refractivity contribution is -0.148. The van der Waals surface area contributed by atoms with Crippen LogP contribution in [0.25, 0.3) is 0 Å². The first-order chi connectivity index (χ1) is 8.35. The zero-order valence-corrected chi connectivity index (χ0v) is 10.9. The van der Waals surface area contributed by atoms with Crippen molar-refractivity contribution in [3.8, 4) is 0 Å². The van der Waals surface area contributed by atoms with E-state index < -0.39 is 12.7 Å². The van der Waals surface area contributed by atoms with Crippen LogP contribution in [0.1, 0.15) is 36.5 Å². The lowest BCUT2D eigenvalue weighted by Gasteiger charge is -2.22. The van der Waals surface area contributed by atoms with Crippen LogP contribution in [-0.2, 0) is 6.54 Å². The van der Waals surface area contributed by atoms with Gasteiger partial charge in [0.15, 0.2) is 0 Å². The van der Waals surface area contributed by atoms with Gasteiger partial charge in [-0.3, -0.25) is 4.90 Å². The third-order valence-electron chi connectivity index (χ3n) is 2.77. The zero-order valence-electron chi connectivity index (χ0n) is 10.1. The van der Waals surface area contributed by atoms with Crippen LogP contribution in [0, 0.1) is 0 Å². The Morgan fingerprint density at radius 2 is 2.22 bits per heavy atom. The van der Waals surface area contributed by atoms with Crippen molar-refractivity contribution in [2.45, 2.75) is 44.6 Å². The van der Waals surface area contributed by atoms with E-state index in [9.17, 15) is 13.2 Å². The Bertz CT molecular complexity index is 398. The SMILES string of the molecule is CC(N)c1nc(CN(CC(F)(F)F)C2CC2)cs1. The van der Waals surface area contributed by atoms with Gasteiger partial charge >= 0.3 is 6.18 Å². The molecule has 0 saturated heterocycles. The summed E-state index contributed by atoms with van der Waals surface area (Å²) in [6.45, 7) is 1.22. The van der Waals surface area contributed by atoms with Crippen LogP contribution in [0.4, 0.5) is 13.2 Å². The highest BCUT2D eigenvalue weighted by Crippen LogP contribution is 2.31. The van der Waals surface area contributed by atoms with Gasteiger partial charge in [0.25, 0.3) is 0 Å². The van der Waals surface area contributed by atoms with Crippen molar-refractivity contribution in [1.82, 2.24) is 9.88 Å². The van der Waals surface area contributed by atoms with Crippen LogP contribution >= 0.6 is 11.3 Å². The van der Waals surface area contributed by atoms with Gasteiger partial charge < -0.3 is 5.73 Å². The molecule has 1 saturated carbocycles. The van der Waals surface area contributed by atoms with E-state index in [2.05, 4.69) is 4.98 Å². The van der Waals surface area contributed by atoms with Crippen LogP contribution < -0.4 is 5.73 Å². The summed E-state index contributed by atoms with van der Waals surface area (Å²) in [6, 6.07) is -0.104. The van der Waals surface area contributed by atoms with Gasteiger partial charge in [0.05, 0.1) is 18.3 Å². The summed E-state index contributed by atoms with van der Waals surface area (Å²) in [5, 5.41) is 2.57. The molecule has 0 spiro atoms. The minimum atomic E-state index is -4.15. The van der Waals surface area contributed by atoms with Crippen molar-refractivity contribution in [3.63, 3.8) is 0 Å². The van der Waals surface area contributed by atoms with Crippen LogP contribution in [0.15, 0.2) is 5.38 Å². The first-order valence-corrected chi connectivity index (χ1v) is 6.74. The fourth-order valence-corrected chi connectivity index (χ4v) is 2.57. The molecule has 0 bridgehead atoms. The van der Waals surface area contributed by atoms with Crippen molar-refractivity contribution < 1.29 is 13.2 Å². The third-order valence-corrected chi connectivity index (χ3v) is 3.86. The molecule has 1 aromatic rings. The molecule has 3 nitrogen and oxygen atoms in total. The molecule has 1 heterocycles. The molecule has 1 aliphatic carbocycles. The van der Waals surface area contributed by atoms with Gasteiger partial charge in [-0.25, -0.2) is 4.98 Å². The van der Waals surface area contributed by atoms with Gasteiger partial charge in [-0.1, -0.05) is 0 Å². The average molecular weight is 279 g/mol. The smallest absolute Gasteiger partial charge is 0.322 e.